The van der Waals surface area contributed by atoms with E-state index in [1.807, 2.05) is 49.3 Å². The van der Waals surface area contributed by atoms with Crippen molar-refractivity contribution in [2.45, 2.75) is 6.61 Å². The first-order valence-corrected chi connectivity index (χ1v) is 10.8. The molecule has 0 fully saturated rings. The third kappa shape index (κ3) is 5.54. The molecular weight excluding hydrogens is 416 g/mol. The van der Waals surface area contributed by atoms with Crippen molar-refractivity contribution in [2.75, 3.05) is 39.6 Å². The first-order chi connectivity index (χ1) is 16.0. The SMILES string of the molecule is COCc1cc(C(=O)NCCN(C)C)ccc1Nc1cncc(-c2cc3ccccc3[nH]2)n1. The van der Waals surface area contributed by atoms with E-state index >= 15 is 0 Å². The Bertz CT molecular complexity index is 1220. The van der Waals surface area contributed by atoms with Crippen molar-refractivity contribution in [3.63, 3.8) is 0 Å². The topological polar surface area (TPSA) is 95.2 Å². The van der Waals surface area contributed by atoms with Gasteiger partial charge in [-0.05, 0) is 44.4 Å². The highest BCUT2D eigenvalue weighted by Crippen LogP contribution is 2.25. The molecule has 4 rings (SSSR count). The molecule has 0 saturated heterocycles. The van der Waals surface area contributed by atoms with Crippen LogP contribution in [0.3, 0.4) is 0 Å². The number of aromatic nitrogens is 3. The average Bonchev–Trinajstić information content (AvgIpc) is 3.25. The van der Waals surface area contributed by atoms with Crippen molar-refractivity contribution in [2.24, 2.45) is 0 Å². The first kappa shape index (κ1) is 22.4. The summed E-state index contributed by atoms with van der Waals surface area (Å²) in [5.74, 6) is 0.494. The van der Waals surface area contributed by atoms with Crippen molar-refractivity contribution in [1.29, 1.82) is 0 Å². The molecule has 2 aromatic heterocycles. The predicted octanol–water partition coefficient (Wildman–Crippen LogP) is 3.81. The molecule has 8 heteroatoms. The molecule has 33 heavy (non-hydrogen) atoms. The van der Waals surface area contributed by atoms with Crippen LogP contribution in [0.4, 0.5) is 11.5 Å². The lowest BCUT2D eigenvalue weighted by Crippen LogP contribution is -2.31. The summed E-state index contributed by atoms with van der Waals surface area (Å²) < 4.78 is 5.36. The second-order valence-corrected chi connectivity index (χ2v) is 8.05. The number of carbonyl (C=O) groups excluding carboxylic acids is 1. The number of carbonyl (C=O) groups is 1. The van der Waals surface area contributed by atoms with Crippen LogP contribution in [0, 0.1) is 0 Å². The number of aromatic amines is 1. The van der Waals surface area contributed by atoms with Gasteiger partial charge in [0.25, 0.3) is 5.91 Å². The Kier molecular flexibility index (Phi) is 6.97. The zero-order valence-corrected chi connectivity index (χ0v) is 19.1. The lowest BCUT2D eigenvalue weighted by atomic mass is 10.1. The minimum absolute atomic E-state index is 0.110. The Hall–Kier alpha value is -3.75. The van der Waals surface area contributed by atoms with Crippen molar-refractivity contribution in [3.8, 4) is 11.4 Å². The third-order valence-electron chi connectivity index (χ3n) is 5.22. The molecule has 0 spiro atoms. The predicted molar refractivity (Wildman–Crippen MR) is 131 cm³/mol. The molecule has 0 unspecified atom stereocenters. The summed E-state index contributed by atoms with van der Waals surface area (Å²) in [7, 11) is 5.57. The average molecular weight is 445 g/mol. The number of rotatable bonds is 9. The van der Waals surface area contributed by atoms with Gasteiger partial charge in [0.15, 0.2) is 0 Å². The summed E-state index contributed by atoms with van der Waals surface area (Å²) in [6.45, 7) is 1.72. The molecule has 4 aromatic rings. The van der Waals surface area contributed by atoms with E-state index in [1.165, 1.54) is 0 Å². The van der Waals surface area contributed by atoms with Gasteiger partial charge in [-0.25, -0.2) is 4.98 Å². The van der Waals surface area contributed by atoms with Crippen molar-refractivity contribution < 1.29 is 9.53 Å². The molecule has 0 saturated carbocycles. The molecule has 2 heterocycles. The molecule has 0 atom stereocenters. The Morgan fingerprint density at radius 3 is 2.76 bits per heavy atom. The maximum absolute atomic E-state index is 12.5. The number of H-pyrrole nitrogens is 1. The van der Waals surface area contributed by atoms with Gasteiger partial charge in [0, 0.05) is 47.9 Å². The lowest BCUT2D eigenvalue weighted by Gasteiger charge is -2.14. The summed E-state index contributed by atoms with van der Waals surface area (Å²) in [4.78, 5) is 27.0. The van der Waals surface area contributed by atoms with E-state index in [1.54, 1.807) is 25.6 Å². The number of anilines is 2. The van der Waals surface area contributed by atoms with Crippen molar-refractivity contribution >= 4 is 28.3 Å². The van der Waals surface area contributed by atoms with Crippen LogP contribution < -0.4 is 10.6 Å². The van der Waals surface area contributed by atoms with Gasteiger partial charge < -0.3 is 25.3 Å². The Morgan fingerprint density at radius 2 is 1.97 bits per heavy atom. The summed E-state index contributed by atoms with van der Waals surface area (Å²) in [5.41, 5.74) is 4.94. The van der Waals surface area contributed by atoms with Crippen molar-refractivity contribution in [1.82, 2.24) is 25.2 Å². The normalized spacial score (nSPS) is 11.2. The van der Waals surface area contributed by atoms with E-state index in [0.717, 1.165) is 40.1 Å². The molecule has 0 aliphatic heterocycles. The second-order valence-electron chi connectivity index (χ2n) is 8.05. The summed E-state index contributed by atoms with van der Waals surface area (Å²) >= 11 is 0. The molecule has 2 aromatic carbocycles. The summed E-state index contributed by atoms with van der Waals surface area (Å²) in [5, 5.41) is 7.38. The van der Waals surface area contributed by atoms with Crippen LogP contribution in [0.1, 0.15) is 15.9 Å². The van der Waals surface area contributed by atoms with E-state index in [0.29, 0.717) is 24.5 Å². The first-order valence-electron chi connectivity index (χ1n) is 10.8. The zero-order chi connectivity index (χ0) is 23.2. The fourth-order valence-corrected chi connectivity index (χ4v) is 3.53. The fourth-order valence-electron chi connectivity index (χ4n) is 3.53. The number of hydrogen-bond acceptors (Lipinski definition) is 6. The largest absolute Gasteiger partial charge is 0.380 e. The number of likely N-dealkylation sites (N-methyl/N-ethyl adjacent to an activating group) is 1. The molecule has 8 nitrogen and oxygen atoms in total. The number of nitrogens with zero attached hydrogens (tertiary/aromatic N) is 3. The Labute approximate surface area is 193 Å². The highest BCUT2D eigenvalue weighted by molar-refractivity contribution is 5.95. The van der Waals surface area contributed by atoms with Crippen LogP contribution in [0.2, 0.25) is 0 Å². The molecule has 0 radical (unpaired) electrons. The van der Waals surface area contributed by atoms with Crippen LogP contribution >= 0.6 is 0 Å². The fraction of sp³-hybridized carbons (Fsp3) is 0.240. The molecule has 0 aliphatic rings. The number of hydrogen-bond donors (Lipinski definition) is 3. The smallest absolute Gasteiger partial charge is 0.251 e. The lowest BCUT2D eigenvalue weighted by molar-refractivity contribution is 0.0950. The van der Waals surface area contributed by atoms with Crippen LogP contribution in [-0.4, -0.2) is 60.1 Å². The number of benzene rings is 2. The van der Waals surface area contributed by atoms with Crippen LogP contribution in [0.25, 0.3) is 22.3 Å². The molecule has 1 amide bonds. The minimum atomic E-state index is -0.110. The second kappa shape index (κ2) is 10.2. The van der Waals surface area contributed by atoms with Gasteiger partial charge in [0.2, 0.25) is 0 Å². The Balaban J connectivity index is 1.54. The van der Waals surface area contributed by atoms with Crippen LogP contribution in [-0.2, 0) is 11.3 Å². The highest BCUT2D eigenvalue weighted by Gasteiger charge is 2.12. The van der Waals surface area contributed by atoms with Gasteiger partial charge in [-0.2, -0.15) is 0 Å². The third-order valence-corrected chi connectivity index (χ3v) is 5.22. The van der Waals surface area contributed by atoms with E-state index in [-0.39, 0.29) is 5.91 Å². The molecular formula is C25H28N6O2. The molecule has 170 valence electrons. The van der Waals surface area contributed by atoms with Crippen molar-refractivity contribution in [3.05, 3.63) is 72.1 Å². The maximum Gasteiger partial charge on any atom is 0.251 e. The minimum Gasteiger partial charge on any atom is -0.380 e. The monoisotopic (exact) mass is 444 g/mol. The van der Waals surface area contributed by atoms with E-state index in [9.17, 15) is 4.79 Å². The molecule has 0 bridgehead atoms. The van der Waals surface area contributed by atoms with E-state index < -0.39 is 0 Å². The quantitative estimate of drug-likeness (QED) is 0.363. The van der Waals surface area contributed by atoms with Gasteiger partial charge in [-0.3, -0.25) is 9.78 Å². The van der Waals surface area contributed by atoms with Gasteiger partial charge in [0.05, 0.1) is 24.7 Å². The van der Waals surface area contributed by atoms with Crippen LogP contribution in [0.15, 0.2) is 60.9 Å². The standard InChI is InChI=1S/C25H28N6O2/c1-31(2)11-10-27-25(32)18-8-9-21(19(12-18)16-33-3)29-24-15-26-14-23(30-24)22-13-17-6-4-5-7-20(17)28-22/h4-9,12-15,28H,10-11,16H2,1-3H3,(H,27,32)(H,29,30). The van der Waals surface area contributed by atoms with E-state index in [4.69, 9.17) is 9.72 Å². The molecule has 0 aliphatic carbocycles. The van der Waals surface area contributed by atoms with Gasteiger partial charge in [-0.15, -0.1) is 0 Å². The number of amides is 1. The Morgan fingerprint density at radius 1 is 1.12 bits per heavy atom. The summed E-state index contributed by atoms with van der Waals surface area (Å²) in [6, 6.07) is 15.6. The zero-order valence-electron chi connectivity index (χ0n) is 19.1. The van der Waals surface area contributed by atoms with Gasteiger partial charge in [0.1, 0.15) is 11.5 Å². The summed E-state index contributed by atoms with van der Waals surface area (Å²) in [6.07, 6.45) is 3.40. The van der Waals surface area contributed by atoms with Gasteiger partial charge >= 0.3 is 0 Å². The van der Waals surface area contributed by atoms with Gasteiger partial charge in [-0.1, -0.05) is 18.2 Å². The maximum atomic E-state index is 12.5. The van der Waals surface area contributed by atoms with Crippen LogP contribution in [0.5, 0.6) is 0 Å². The van der Waals surface area contributed by atoms with E-state index in [2.05, 4.69) is 32.7 Å². The number of ether oxygens (including phenoxy) is 1. The number of nitrogens with one attached hydrogen (secondary N) is 3. The highest BCUT2D eigenvalue weighted by atomic mass is 16.5. The molecule has 3 N–H and O–H groups in total. The number of methoxy groups -OCH3 is 1. The number of fused-ring (bicyclic) bond motifs is 1. The number of para-hydroxylation sites is 1.